The van der Waals surface area contributed by atoms with Gasteiger partial charge in [-0.25, -0.2) is 0 Å². The second-order valence-corrected chi connectivity index (χ2v) is 13.6. The highest BCUT2D eigenvalue weighted by atomic mass is 16.5. The first-order valence-electron chi connectivity index (χ1n) is 16.8. The molecule has 3 N–H and O–H groups in total. The fourth-order valence-electron chi connectivity index (χ4n) is 8.17. The Bertz CT molecular complexity index is 1410. The van der Waals surface area contributed by atoms with E-state index in [-0.39, 0.29) is 36.2 Å². The van der Waals surface area contributed by atoms with Gasteiger partial charge in [0.15, 0.2) is 0 Å². The molecule has 0 saturated carbocycles. The molecule has 3 aliphatic heterocycles. The number of hydrogen-bond acceptors (Lipinski definition) is 7. The summed E-state index contributed by atoms with van der Waals surface area (Å²) >= 11 is 0. The number of rotatable bonds is 13. The number of carbonyl (C=O) groups excluding carboxylic acids is 3. The van der Waals surface area contributed by atoms with Crippen LogP contribution in [0.2, 0.25) is 0 Å². The van der Waals surface area contributed by atoms with E-state index >= 15 is 0 Å². The Kier molecular flexibility index (Phi) is 9.70. The van der Waals surface area contributed by atoms with Crippen molar-refractivity contribution in [3.8, 4) is 5.75 Å². The van der Waals surface area contributed by atoms with E-state index < -0.39 is 35.1 Å². The van der Waals surface area contributed by atoms with Crippen LogP contribution in [-0.4, -0.2) is 77.3 Å². The highest BCUT2D eigenvalue weighted by Gasteiger charge is 2.80. The molecule has 3 aliphatic rings. The quantitative estimate of drug-likeness (QED) is 0.286. The Morgan fingerprint density at radius 3 is 2.15 bits per heavy atom. The van der Waals surface area contributed by atoms with Gasteiger partial charge >= 0.3 is 0 Å². The average Bonchev–Trinajstić information content (AvgIpc) is 3.54. The molecule has 3 saturated heterocycles. The van der Waals surface area contributed by atoms with Crippen molar-refractivity contribution < 1.29 is 29.0 Å². The third-order valence-corrected chi connectivity index (χ3v) is 10.3. The van der Waals surface area contributed by atoms with Gasteiger partial charge in [-0.3, -0.25) is 14.4 Å². The number of amides is 3. The summed E-state index contributed by atoms with van der Waals surface area (Å²) in [6, 6.07) is 13.2. The van der Waals surface area contributed by atoms with Gasteiger partial charge < -0.3 is 35.0 Å². The van der Waals surface area contributed by atoms with Gasteiger partial charge in [-0.05, 0) is 101 Å². The summed E-state index contributed by atoms with van der Waals surface area (Å²) < 4.78 is 12.4. The first-order valence-corrected chi connectivity index (χ1v) is 16.8. The van der Waals surface area contributed by atoms with Crippen molar-refractivity contribution in [2.45, 2.75) is 84.6 Å². The summed E-state index contributed by atoms with van der Waals surface area (Å²) in [7, 11) is 0. The zero-order chi connectivity index (χ0) is 33.4. The molecule has 0 aromatic heterocycles. The molecule has 2 aromatic rings. The molecule has 2 bridgehead atoms. The Labute approximate surface area is 272 Å². The summed E-state index contributed by atoms with van der Waals surface area (Å²) in [6.07, 6.45) is 0.950. The van der Waals surface area contributed by atoms with E-state index in [0.717, 1.165) is 18.8 Å². The maximum atomic E-state index is 14.6. The standard InChI is InChI=1S/C36H50N4O6/c1-8-39(9-2)26-15-11-24(12-16-26)38-33(43)31-36-20-23(6)35(7,46-36)29(30(36)34(44)40(31)27(21-41)19-22(4)5)32(42)37-25-13-17-28(18-14-25)45-10-3/h11-18,22-23,27,29-31,41H,8-10,19-21H2,1-7H3,(H,37,42)(H,38,43)/t23?,27-,29-,30+,31?,35+,36?/m1/s1. The molecule has 1 spiro atoms. The highest BCUT2D eigenvalue weighted by Crippen LogP contribution is 2.65. The van der Waals surface area contributed by atoms with Crippen LogP contribution in [-0.2, 0) is 19.1 Å². The van der Waals surface area contributed by atoms with Crippen LogP contribution in [0.4, 0.5) is 17.1 Å². The van der Waals surface area contributed by atoms with Crippen molar-refractivity contribution in [2.75, 3.05) is 41.8 Å². The van der Waals surface area contributed by atoms with E-state index in [2.05, 4.69) is 29.4 Å². The summed E-state index contributed by atoms with van der Waals surface area (Å²) in [6.45, 7) is 16.0. The summed E-state index contributed by atoms with van der Waals surface area (Å²) in [4.78, 5) is 46.9. The van der Waals surface area contributed by atoms with Crippen LogP contribution in [0.25, 0.3) is 0 Å². The fraction of sp³-hybridized carbons (Fsp3) is 0.583. The second kappa shape index (κ2) is 13.2. The van der Waals surface area contributed by atoms with Gasteiger partial charge in [0.05, 0.1) is 36.7 Å². The van der Waals surface area contributed by atoms with Gasteiger partial charge in [0.2, 0.25) is 17.7 Å². The number of benzene rings is 2. The molecule has 250 valence electrons. The lowest BCUT2D eigenvalue weighted by Crippen LogP contribution is -2.56. The van der Waals surface area contributed by atoms with Crippen LogP contribution in [0, 0.1) is 23.7 Å². The van der Waals surface area contributed by atoms with Crippen LogP contribution in [0.3, 0.4) is 0 Å². The number of likely N-dealkylation sites (tertiary alicyclic amines) is 1. The number of aliphatic hydroxyl groups excluding tert-OH is 1. The minimum atomic E-state index is -1.22. The number of carbonyl (C=O) groups is 3. The van der Waals surface area contributed by atoms with Gasteiger partial charge in [-0.15, -0.1) is 0 Å². The molecule has 2 aromatic carbocycles. The Morgan fingerprint density at radius 1 is 1.02 bits per heavy atom. The molecule has 3 amide bonds. The van der Waals surface area contributed by atoms with E-state index in [1.54, 1.807) is 29.2 Å². The first kappa shape index (κ1) is 33.7. The zero-order valence-corrected chi connectivity index (χ0v) is 28.2. The SMILES string of the molecule is CCOc1ccc(NC(=O)[C@H]2[C@H]3C(=O)N([C@@H](CO)CC(C)C)C(C(=O)Nc4ccc(N(CC)CC)cc4)C34CC(C)[C@]2(C)O4)cc1. The van der Waals surface area contributed by atoms with Crippen LogP contribution in [0.5, 0.6) is 5.75 Å². The van der Waals surface area contributed by atoms with Gasteiger partial charge in [0.25, 0.3) is 0 Å². The molecule has 3 unspecified atom stereocenters. The normalized spacial score (nSPS) is 28.7. The Morgan fingerprint density at radius 2 is 1.61 bits per heavy atom. The van der Waals surface area contributed by atoms with Crippen LogP contribution < -0.4 is 20.3 Å². The Hall–Kier alpha value is -3.63. The molecule has 46 heavy (non-hydrogen) atoms. The first-order chi connectivity index (χ1) is 21.9. The molecule has 10 heteroatoms. The number of fused-ring (bicyclic) bond motifs is 1. The van der Waals surface area contributed by atoms with E-state index in [9.17, 15) is 19.5 Å². The van der Waals surface area contributed by atoms with Crippen LogP contribution in [0.15, 0.2) is 48.5 Å². The van der Waals surface area contributed by atoms with Gasteiger partial charge in [0.1, 0.15) is 17.4 Å². The Balaban J connectivity index is 1.50. The second-order valence-electron chi connectivity index (χ2n) is 13.6. The highest BCUT2D eigenvalue weighted by molar-refractivity contribution is 6.05. The lowest BCUT2D eigenvalue weighted by atomic mass is 9.62. The summed E-state index contributed by atoms with van der Waals surface area (Å²) in [5.41, 5.74) is 0.0613. The van der Waals surface area contributed by atoms with E-state index in [0.29, 0.717) is 36.6 Å². The number of ether oxygens (including phenoxy) is 2. The van der Waals surface area contributed by atoms with E-state index in [1.807, 2.05) is 58.9 Å². The van der Waals surface area contributed by atoms with Gasteiger partial charge in [0, 0.05) is 30.2 Å². The molecular formula is C36H50N4O6. The topological polar surface area (TPSA) is 120 Å². The van der Waals surface area contributed by atoms with Crippen molar-refractivity contribution in [1.29, 1.82) is 0 Å². The number of nitrogens with zero attached hydrogens (tertiary/aromatic N) is 2. The molecule has 3 fully saturated rings. The minimum Gasteiger partial charge on any atom is -0.494 e. The van der Waals surface area contributed by atoms with Crippen molar-refractivity contribution in [3.05, 3.63) is 48.5 Å². The fourth-order valence-corrected chi connectivity index (χ4v) is 8.17. The molecular weight excluding hydrogens is 584 g/mol. The lowest BCUT2D eigenvalue weighted by molar-refractivity contribution is -0.148. The predicted molar refractivity (Wildman–Crippen MR) is 179 cm³/mol. The number of nitrogens with one attached hydrogen (secondary N) is 2. The average molecular weight is 635 g/mol. The van der Waals surface area contributed by atoms with Crippen LogP contribution >= 0.6 is 0 Å². The molecule has 10 nitrogen and oxygen atoms in total. The maximum absolute atomic E-state index is 14.6. The molecule has 0 radical (unpaired) electrons. The monoisotopic (exact) mass is 634 g/mol. The van der Waals surface area contributed by atoms with Crippen molar-refractivity contribution in [2.24, 2.45) is 23.7 Å². The molecule has 7 atom stereocenters. The largest absolute Gasteiger partial charge is 0.494 e. The van der Waals surface area contributed by atoms with Gasteiger partial charge in [-0.2, -0.15) is 0 Å². The van der Waals surface area contributed by atoms with E-state index in [4.69, 9.17) is 9.47 Å². The molecule has 0 aliphatic carbocycles. The third kappa shape index (κ3) is 5.74. The zero-order valence-electron chi connectivity index (χ0n) is 28.2. The van der Waals surface area contributed by atoms with Crippen molar-refractivity contribution >= 4 is 34.8 Å². The lowest BCUT2D eigenvalue weighted by Gasteiger charge is -2.37. The smallest absolute Gasteiger partial charge is 0.250 e. The van der Waals surface area contributed by atoms with Crippen LogP contribution in [0.1, 0.15) is 61.3 Å². The van der Waals surface area contributed by atoms with Crippen molar-refractivity contribution in [1.82, 2.24) is 4.90 Å². The third-order valence-electron chi connectivity index (χ3n) is 10.3. The maximum Gasteiger partial charge on any atom is 0.250 e. The van der Waals surface area contributed by atoms with E-state index in [1.165, 1.54) is 0 Å². The minimum absolute atomic E-state index is 0.103. The number of hydrogen-bond donors (Lipinski definition) is 3. The molecule has 3 heterocycles. The van der Waals surface area contributed by atoms with Crippen molar-refractivity contribution in [3.63, 3.8) is 0 Å². The number of aliphatic hydroxyl groups is 1. The summed E-state index contributed by atoms with van der Waals surface area (Å²) in [5, 5.41) is 16.6. The predicted octanol–water partition coefficient (Wildman–Crippen LogP) is 4.93. The van der Waals surface area contributed by atoms with Gasteiger partial charge in [-0.1, -0.05) is 20.8 Å². The summed E-state index contributed by atoms with van der Waals surface area (Å²) in [5.74, 6) is -1.98. The number of anilines is 3. The molecule has 5 rings (SSSR count).